The summed E-state index contributed by atoms with van der Waals surface area (Å²) < 4.78 is -0.662. The number of rotatable bonds is 0. The Bertz CT molecular complexity index is 1550. The summed E-state index contributed by atoms with van der Waals surface area (Å²) in [5.41, 5.74) is -3.10. The lowest BCUT2D eigenvalue weighted by atomic mass is 10.1. The second kappa shape index (κ2) is 5.88. The lowest BCUT2D eigenvalue weighted by Crippen LogP contribution is -2.15. The number of fused-ring (bicyclic) bond motifs is 4. The van der Waals surface area contributed by atoms with Crippen LogP contribution < -0.4 is 21.7 Å². The number of benzene rings is 4. The van der Waals surface area contributed by atoms with Crippen LogP contribution >= 0.6 is 22.7 Å². The predicted octanol–water partition coefficient (Wildman–Crippen LogP) is 2.12. The highest BCUT2D eigenvalue weighted by atomic mass is 32.1. The van der Waals surface area contributed by atoms with Crippen LogP contribution in [0.3, 0.4) is 0 Å². The van der Waals surface area contributed by atoms with Gasteiger partial charge in [-0.2, -0.15) is 0 Å². The summed E-state index contributed by atoms with van der Waals surface area (Å²) in [4.78, 5) is 51.9. The molecular weight excluding hydrogens is 432 g/mol. The zero-order valence-corrected chi connectivity index (χ0v) is 16.2. The number of hydrogen-bond acceptors (Lipinski definition) is 10. The van der Waals surface area contributed by atoms with E-state index < -0.39 is 44.7 Å². The van der Waals surface area contributed by atoms with Crippen molar-refractivity contribution in [2.24, 2.45) is 0 Å². The van der Waals surface area contributed by atoms with Crippen LogP contribution in [-0.2, 0) is 0 Å². The predicted molar refractivity (Wildman–Crippen MR) is 115 cm³/mol. The molecule has 5 aromatic rings. The quantitative estimate of drug-likeness (QED) is 0.211. The van der Waals surface area contributed by atoms with Gasteiger partial charge in [-0.05, 0) is 24.3 Å². The van der Waals surface area contributed by atoms with Gasteiger partial charge in [0.1, 0.15) is 23.0 Å². The van der Waals surface area contributed by atoms with E-state index in [4.69, 9.17) is 0 Å². The van der Waals surface area contributed by atoms with Crippen molar-refractivity contribution >= 4 is 63.0 Å². The Balaban J connectivity index is 2.17. The van der Waals surface area contributed by atoms with Crippen LogP contribution in [0.1, 0.15) is 0 Å². The summed E-state index contributed by atoms with van der Waals surface area (Å²) in [7, 11) is 0. The first-order valence-corrected chi connectivity index (χ1v) is 9.98. The lowest BCUT2D eigenvalue weighted by Gasteiger charge is -2.07. The first-order valence-electron chi connectivity index (χ1n) is 8.35. The largest absolute Gasteiger partial charge is 0.507 e. The Hall–Kier alpha value is -3.76. The van der Waals surface area contributed by atoms with Crippen molar-refractivity contribution in [2.45, 2.75) is 0 Å². The summed E-state index contributed by atoms with van der Waals surface area (Å²) in [5, 5.41) is 38.7. The first-order chi connectivity index (χ1) is 14.2. The van der Waals surface area contributed by atoms with E-state index in [0.717, 1.165) is 24.3 Å². The maximum absolute atomic E-state index is 13.0. The third-order valence-electron chi connectivity index (χ3n) is 4.88. The van der Waals surface area contributed by atoms with Gasteiger partial charge in [-0.3, -0.25) is 19.2 Å². The fraction of sp³-hybridized carbons (Fsp3) is 0. The Kier molecular flexibility index (Phi) is 3.58. The van der Waals surface area contributed by atoms with E-state index in [1.165, 1.54) is 0 Å². The third kappa shape index (κ3) is 2.14. The SMILES string of the molecule is O=c1c2sc3c(=O)c4c(O)ccc(O)c4c(=O)c3sc2c(=O)c2c(O)ccc(O)c12. The van der Waals surface area contributed by atoms with E-state index in [0.29, 0.717) is 22.7 Å². The summed E-state index contributed by atoms with van der Waals surface area (Å²) >= 11 is 1.18. The molecule has 4 aromatic carbocycles. The minimum atomic E-state index is -0.775. The molecule has 0 amide bonds. The summed E-state index contributed by atoms with van der Waals surface area (Å²) in [5.74, 6) is -2.01. The Morgan fingerprint density at radius 1 is 0.433 bits per heavy atom. The molecule has 5 rings (SSSR count). The molecule has 0 aliphatic rings. The molecule has 0 aliphatic carbocycles. The zero-order chi connectivity index (χ0) is 21.5. The molecule has 0 saturated heterocycles. The molecule has 0 radical (unpaired) electrons. The van der Waals surface area contributed by atoms with Crippen LogP contribution in [0.5, 0.6) is 23.0 Å². The monoisotopic (exact) mass is 440 g/mol. The molecule has 1 heterocycles. The van der Waals surface area contributed by atoms with Crippen LogP contribution in [0.25, 0.3) is 40.3 Å². The van der Waals surface area contributed by atoms with Crippen LogP contribution in [0.4, 0.5) is 0 Å². The van der Waals surface area contributed by atoms with E-state index >= 15 is 0 Å². The number of hydrogen-bond donors (Lipinski definition) is 4. The van der Waals surface area contributed by atoms with Crippen molar-refractivity contribution in [3.63, 3.8) is 0 Å². The average molecular weight is 440 g/mol. The minimum Gasteiger partial charge on any atom is -0.507 e. The van der Waals surface area contributed by atoms with Crippen molar-refractivity contribution in [1.29, 1.82) is 0 Å². The van der Waals surface area contributed by atoms with Crippen molar-refractivity contribution in [1.82, 2.24) is 0 Å². The van der Waals surface area contributed by atoms with Crippen LogP contribution in [0, 0.1) is 0 Å². The minimum absolute atomic E-state index is 0.165. The second-order valence-corrected chi connectivity index (χ2v) is 8.59. The summed E-state index contributed by atoms with van der Waals surface area (Å²) in [6, 6.07) is 4.29. The van der Waals surface area contributed by atoms with Gasteiger partial charge in [0, 0.05) is 0 Å². The maximum atomic E-state index is 13.0. The molecule has 0 fully saturated rings. The van der Waals surface area contributed by atoms with Crippen LogP contribution in [-0.4, -0.2) is 20.4 Å². The van der Waals surface area contributed by atoms with E-state index in [-0.39, 0.29) is 40.3 Å². The van der Waals surface area contributed by atoms with Gasteiger partial charge < -0.3 is 20.4 Å². The maximum Gasteiger partial charge on any atom is 0.209 e. The van der Waals surface area contributed by atoms with Gasteiger partial charge in [-0.1, -0.05) is 0 Å². The van der Waals surface area contributed by atoms with Crippen LogP contribution in [0.2, 0.25) is 0 Å². The molecule has 0 atom stereocenters. The van der Waals surface area contributed by atoms with E-state index in [1.54, 1.807) is 0 Å². The first kappa shape index (κ1) is 18.3. The summed E-state index contributed by atoms with van der Waals surface area (Å²) in [6.45, 7) is 0. The van der Waals surface area contributed by atoms with E-state index in [2.05, 4.69) is 0 Å². The molecule has 0 spiro atoms. The molecular formula is C20H8O8S2. The second-order valence-electron chi connectivity index (χ2n) is 6.54. The molecule has 0 unspecified atom stereocenters. The summed E-state index contributed by atoms with van der Waals surface area (Å²) in [6.07, 6.45) is 0. The fourth-order valence-corrected chi connectivity index (χ4v) is 5.95. The zero-order valence-electron chi connectivity index (χ0n) is 14.5. The molecule has 10 heteroatoms. The number of aromatic hydroxyl groups is 4. The highest BCUT2D eigenvalue weighted by Gasteiger charge is 2.23. The number of phenolic OH excluding ortho intramolecular Hbond substituents is 4. The molecule has 148 valence electrons. The Labute approximate surface area is 171 Å². The van der Waals surface area contributed by atoms with Gasteiger partial charge in [0.05, 0.1) is 40.3 Å². The molecule has 0 saturated carbocycles. The topological polar surface area (TPSA) is 149 Å². The van der Waals surface area contributed by atoms with Gasteiger partial charge in [0.25, 0.3) is 0 Å². The molecule has 1 aromatic heterocycles. The van der Waals surface area contributed by atoms with Gasteiger partial charge in [-0.25, -0.2) is 0 Å². The molecule has 8 nitrogen and oxygen atoms in total. The fourth-order valence-electron chi connectivity index (χ4n) is 3.52. The Morgan fingerprint density at radius 3 is 0.833 bits per heavy atom. The third-order valence-corrected chi connectivity index (χ3v) is 7.51. The average Bonchev–Trinajstić information content (AvgIpc) is 2.72. The van der Waals surface area contributed by atoms with Gasteiger partial charge >= 0.3 is 0 Å². The molecule has 30 heavy (non-hydrogen) atoms. The molecule has 0 aliphatic heterocycles. The van der Waals surface area contributed by atoms with Crippen molar-refractivity contribution in [3.05, 3.63) is 65.2 Å². The van der Waals surface area contributed by atoms with Gasteiger partial charge in [-0.15, -0.1) is 22.7 Å². The van der Waals surface area contributed by atoms with Crippen LogP contribution in [0.15, 0.2) is 43.4 Å². The Morgan fingerprint density at radius 2 is 0.633 bits per heavy atom. The highest BCUT2D eigenvalue weighted by molar-refractivity contribution is 7.36. The standard InChI is InChI=1S/C20H8O8S2/c21-5-1-2-6(22)10-9(5)13(25)17-18(14(10)26)30-20-16(28)12-8(24)4-3-7(23)11(12)15(27)19(20)29-17/h1-4,21-24H. The van der Waals surface area contributed by atoms with Gasteiger partial charge in [0.2, 0.25) is 21.7 Å². The lowest BCUT2D eigenvalue weighted by molar-refractivity contribution is 0.469. The van der Waals surface area contributed by atoms with Crippen molar-refractivity contribution < 1.29 is 20.4 Å². The smallest absolute Gasteiger partial charge is 0.209 e. The highest BCUT2D eigenvalue weighted by Crippen LogP contribution is 2.35. The van der Waals surface area contributed by atoms with E-state index in [1.807, 2.05) is 0 Å². The molecule has 0 bridgehead atoms. The molecule has 4 N–H and O–H groups in total. The van der Waals surface area contributed by atoms with E-state index in [9.17, 15) is 39.6 Å². The number of phenols is 4. The van der Waals surface area contributed by atoms with Crippen molar-refractivity contribution in [2.75, 3.05) is 0 Å². The van der Waals surface area contributed by atoms with Crippen molar-refractivity contribution in [3.8, 4) is 23.0 Å². The normalized spacial score (nSPS) is 11.7. The van der Waals surface area contributed by atoms with Gasteiger partial charge in [0.15, 0.2) is 0 Å².